The topological polar surface area (TPSA) is 47.6 Å². The van der Waals surface area contributed by atoms with Crippen molar-refractivity contribution in [2.75, 3.05) is 7.11 Å². The van der Waals surface area contributed by atoms with E-state index in [1.807, 2.05) is 20.8 Å². The van der Waals surface area contributed by atoms with Crippen molar-refractivity contribution >= 4 is 6.09 Å². The van der Waals surface area contributed by atoms with Crippen LogP contribution in [0.2, 0.25) is 0 Å². The Bertz CT molecular complexity index is 294. The van der Waals surface area contributed by atoms with Gasteiger partial charge in [0.2, 0.25) is 0 Å². The van der Waals surface area contributed by atoms with Gasteiger partial charge >= 0.3 is 6.09 Å². The number of rotatable bonds is 2. The summed E-state index contributed by atoms with van der Waals surface area (Å²) in [6.45, 7) is 10.0. The van der Waals surface area contributed by atoms with Gasteiger partial charge in [0.15, 0.2) is 0 Å². The average Bonchev–Trinajstić information content (AvgIpc) is 2.11. The number of alkyl carbamates (subject to hydrolysis) is 1. The van der Waals surface area contributed by atoms with Crippen molar-refractivity contribution in [3.63, 3.8) is 0 Å². The van der Waals surface area contributed by atoms with Crippen molar-refractivity contribution in [1.29, 1.82) is 0 Å². The van der Waals surface area contributed by atoms with E-state index in [1.165, 1.54) is 0 Å². The molecule has 4 heteroatoms. The van der Waals surface area contributed by atoms with E-state index >= 15 is 0 Å². The predicted molar refractivity (Wildman–Crippen MR) is 71.6 cm³/mol. The predicted octanol–water partition coefficient (Wildman–Crippen LogP) is 3.10. The molecule has 1 fully saturated rings. The molecule has 1 saturated carbocycles. The summed E-state index contributed by atoms with van der Waals surface area (Å²) < 4.78 is 10.7. The van der Waals surface area contributed by atoms with Gasteiger partial charge in [-0.1, -0.05) is 13.8 Å². The van der Waals surface area contributed by atoms with Gasteiger partial charge in [-0.05, 0) is 45.4 Å². The van der Waals surface area contributed by atoms with Gasteiger partial charge in [-0.2, -0.15) is 0 Å². The molecule has 1 aliphatic carbocycles. The fraction of sp³-hybridized carbons (Fsp3) is 0.929. The molecule has 0 heterocycles. The van der Waals surface area contributed by atoms with Gasteiger partial charge in [-0.15, -0.1) is 0 Å². The largest absolute Gasteiger partial charge is 0.444 e. The Hall–Kier alpha value is -0.770. The van der Waals surface area contributed by atoms with Gasteiger partial charge in [-0.25, -0.2) is 4.79 Å². The van der Waals surface area contributed by atoms with E-state index in [-0.39, 0.29) is 23.7 Å². The molecule has 1 aliphatic rings. The third-order valence-corrected chi connectivity index (χ3v) is 3.18. The van der Waals surface area contributed by atoms with E-state index in [9.17, 15) is 4.79 Å². The van der Waals surface area contributed by atoms with Crippen LogP contribution in [0.25, 0.3) is 0 Å². The SMILES string of the molecule is CO[C@H]1C[C@H](NC(=O)OC(C)(C)C)CC(C)(C)C1. The summed E-state index contributed by atoms with van der Waals surface area (Å²) in [7, 11) is 1.73. The molecule has 1 N–H and O–H groups in total. The summed E-state index contributed by atoms with van der Waals surface area (Å²) in [5, 5.41) is 2.95. The van der Waals surface area contributed by atoms with Crippen LogP contribution >= 0.6 is 0 Å². The van der Waals surface area contributed by atoms with E-state index in [1.54, 1.807) is 7.11 Å². The first-order chi connectivity index (χ1) is 8.11. The zero-order valence-electron chi connectivity index (χ0n) is 12.5. The Morgan fingerprint density at radius 3 is 2.39 bits per heavy atom. The van der Waals surface area contributed by atoms with Crippen LogP contribution in [0.1, 0.15) is 53.9 Å². The van der Waals surface area contributed by atoms with E-state index in [4.69, 9.17) is 9.47 Å². The minimum Gasteiger partial charge on any atom is -0.444 e. The molecule has 0 aromatic rings. The van der Waals surface area contributed by atoms with E-state index in [2.05, 4.69) is 19.2 Å². The standard InChI is InChI=1S/C14H27NO3/c1-13(2,3)18-12(16)15-10-7-11(17-6)9-14(4,5)8-10/h10-11H,7-9H2,1-6H3,(H,15,16)/t10-,11-/m0/s1. The maximum atomic E-state index is 11.8. The molecule has 0 aromatic carbocycles. The van der Waals surface area contributed by atoms with Crippen molar-refractivity contribution < 1.29 is 14.3 Å². The number of amides is 1. The lowest BCUT2D eigenvalue weighted by atomic mass is 9.74. The molecule has 18 heavy (non-hydrogen) atoms. The summed E-state index contributed by atoms with van der Waals surface area (Å²) in [4.78, 5) is 11.8. The molecule has 1 amide bonds. The van der Waals surface area contributed by atoms with Crippen LogP contribution in [0.3, 0.4) is 0 Å². The first-order valence-electron chi connectivity index (χ1n) is 6.64. The number of ether oxygens (including phenoxy) is 2. The van der Waals surface area contributed by atoms with Crippen LogP contribution in [0.15, 0.2) is 0 Å². The second kappa shape index (κ2) is 5.47. The minimum atomic E-state index is -0.449. The summed E-state index contributed by atoms with van der Waals surface area (Å²) in [6.07, 6.45) is 2.75. The van der Waals surface area contributed by atoms with Crippen molar-refractivity contribution in [1.82, 2.24) is 5.32 Å². The highest BCUT2D eigenvalue weighted by Crippen LogP contribution is 2.36. The molecule has 0 unspecified atom stereocenters. The van der Waals surface area contributed by atoms with Crippen LogP contribution < -0.4 is 5.32 Å². The molecule has 106 valence electrons. The van der Waals surface area contributed by atoms with Crippen molar-refractivity contribution in [2.24, 2.45) is 5.41 Å². The van der Waals surface area contributed by atoms with Gasteiger partial charge < -0.3 is 14.8 Å². The first kappa shape index (κ1) is 15.3. The number of methoxy groups -OCH3 is 1. The number of carbonyl (C=O) groups excluding carboxylic acids is 1. The van der Waals surface area contributed by atoms with E-state index in [0.29, 0.717) is 0 Å². The molecule has 0 aromatic heterocycles. The molecule has 0 aliphatic heterocycles. The zero-order valence-corrected chi connectivity index (χ0v) is 12.5. The maximum absolute atomic E-state index is 11.8. The zero-order chi connectivity index (χ0) is 14.0. The second-order valence-electron chi connectivity index (χ2n) is 7.01. The van der Waals surface area contributed by atoms with Crippen LogP contribution in [0, 0.1) is 5.41 Å². The van der Waals surface area contributed by atoms with Crippen molar-refractivity contribution in [3.8, 4) is 0 Å². The van der Waals surface area contributed by atoms with Crippen LogP contribution in [-0.4, -0.2) is 30.9 Å². The molecule has 0 spiro atoms. The third kappa shape index (κ3) is 5.25. The van der Waals surface area contributed by atoms with Gasteiger partial charge in [0.25, 0.3) is 0 Å². The van der Waals surface area contributed by atoms with Gasteiger partial charge in [0.05, 0.1) is 6.10 Å². The maximum Gasteiger partial charge on any atom is 0.407 e. The molecular formula is C14H27NO3. The number of hydrogen-bond acceptors (Lipinski definition) is 3. The van der Waals surface area contributed by atoms with Gasteiger partial charge in [-0.3, -0.25) is 0 Å². The van der Waals surface area contributed by atoms with E-state index in [0.717, 1.165) is 19.3 Å². The lowest BCUT2D eigenvalue weighted by molar-refractivity contribution is 0.00570. The summed E-state index contributed by atoms with van der Waals surface area (Å²) in [5.74, 6) is 0. The molecule has 0 bridgehead atoms. The molecule has 0 saturated heterocycles. The quantitative estimate of drug-likeness (QED) is 0.827. The Morgan fingerprint density at radius 2 is 1.89 bits per heavy atom. The van der Waals surface area contributed by atoms with E-state index < -0.39 is 5.60 Å². The molecular weight excluding hydrogens is 230 g/mol. The lowest BCUT2D eigenvalue weighted by Crippen LogP contribution is -2.46. The van der Waals surface area contributed by atoms with Crippen LogP contribution in [-0.2, 0) is 9.47 Å². The minimum absolute atomic E-state index is 0.133. The second-order valence-corrected chi connectivity index (χ2v) is 7.01. The molecule has 2 atom stereocenters. The highest BCUT2D eigenvalue weighted by atomic mass is 16.6. The number of hydrogen-bond donors (Lipinski definition) is 1. The first-order valence-corrected chi connectivity index (χ1v) is 6.64. The average molecular weight is 257 g/mol. The summed E-state index contributed by atoms with van der Waals surface area (Å²) in [6, 6.07) is 0.133. The number of nitrogens with one attached hydrogen (secondary N) is 1. The van der Waals surface area contributed by atoms with Crippen molar-refractivity contribution in [2.45, 2.75) is 71.6 Å². The Kier molecular flexibility index (Phi) is 4.65. The lowest BCUT2D eigenvalue weighted by Gasteiger charge is -2.39. The van der Waals surface area contributed by atoms with Crippen LogP contribution in [0.4, 0.5) is 4.79 Å². The fourth-order valence-electron chi connectivity index (χ4n) is 2.61. The molecule has 1 rings (SSSR count). The summed E-state index contributed by atoms with van der Waals surface area (Å²) >= 11 is 0. The monoisotopic (exact) mass is 257 g/mol. The molecule has 4 nitrogen and oxygen atoms in total. The highest BCUT2D eigenvalue weighted by Gasteiger charge is 2.35. The Morgan fingerprint density at radius 1 is 1.28 bits per heavy atom. The third-order valence-electron chi connectivity index (χ3n) is 3.18. The summed E-state index contributed by atoms with van der Waals surface area (Å²) in [5.41, 5.74) is -0.256. The smallest absolute Gasteiger partial charge is 0.407 e. The number of carbonyl (C=O) groups is 1. The normalized spacial score (nSPS) is 27.7. The van der Waals surface area contributed by atoms with Gasteiger partial charge in [0, 0.05) is 13.2 Å². The highest BCUT2D eigenvalue weighted by molar-refractivity contribution is 5.68. The van der Waals surface area contributed by atoms with Crippen LogP contribution in [0.5, 0.6) is 0 Å². The fourth-order valence-corrected chi connectivity index (χ4v) is 2.61. The Labute approximate surface area is 110 Å². The van der Waals surface area contributed by atoms with Gasteiger partial charge in [0.1, 0.15) is 5.60 Å². The Balaban J connectivity index is 2.53. The molecule has 0 radical (unpaired) electrons. The van der Waals surface area contributed by atoms with Crippen molar-refractivity contribution in [3.05, 3.63) is 0 Å².